The van der Waals surface area contributed by atoms with Gasteiger partial charge in [0.25, 0.3) is 0 Å². The molecule has 42 valence electrons. The fourth-order valence-corrected chi connectivity index (χ4v) is 1.36. The summed E-state index contributed by atoms with van der Waals surface area (Å²) in [7, 11) is 0. The molecule has 0 bridgehead atoms. The van der Waals surface area contributed by atoms with Crippen LogP contribution in [0.25, 0.3) is 0 Å². The third-order valence-electron chi connectivity index (χ3n) is 0.987. The predicted octanol–water partition coefficient (Wildman–Crippen LogP) is 1.18. The Morgan fingerprint density at radius 1 is 1.33 bits per heavy atom. The van der Waals surface area contributed by atoms with Crippen molar-refractivity contribution < 1.29 is 0 Å². The molecule has 4 heteroatoms. The Kier molecular flexibility index (Phi) is 2.80. The van der Waals surface area contributed by atoms with Gasteiger partial charge >= 0.3 is 81.4 Å². The zero-order valence-electron chi connectivity index (χ0n) is 4.86. The topological polar surface area (TPSA) is 12.9 Å². The molecule has 0 aliphatic rings. The fourth-order valence-electron chi connectivity index (χ4n) is 0.513. The molecule has 0 spiro atoms. The molecule has 1 aromatic heterocycles. The van der Waals surface area contributed by atoms with Crippen molar-refractivity contribution >= 4 is 54.1 Å². The first-order valence-corrected chi connectivity index (χ1v) is 4.24. The van der Waals surface area contributed by atoms with Crippen LogP contribution in [-0.2, 0) is 0 Å². The molecule has 0 saturated carbocycles. The van der Waals surface area contributed by atoms with E-state index < -0.39 is 0 Å². The summed E-state index contributed by atoms with van der Waals surface area (Å²) >= 11 is 12.1. The van der Waals surface area contributed by atoms with E-state index in [1.807, 2.05) is 0 Å². The van der Waals surface area contributed by atoms with Gasteiger partial charge in [-0.05, 0) is 0 Å². The average Bonchev–Trinajstić information content (AvgIpc) is 1.80. The Hall–Kier alpha value is 0.730. The first-order valence-electron chi connectivity index (χ1n) is 2.49. The summed E-state index contributed by atoms with van der Waals surface area (Å²) < 4.78 is 0.907. The van der Waals surface area contributed by atoms with E-state index in [4.69, 9.17) is 23.2 Å². The number of hydrogen-bond acceptors (Lipinski definition) is 1. The number of pyridine rings is 1. The molecule has 1 rings (SSSR count). The van der Waals surface area contributed by atoms with E-state index in [1.165, 1.54) is 0 Å². The van der Waals surface area contributed by atoms with Gasteiger partial charge < -0.3 is 0 Å². The SMILES string of the molecule is [Na][c]1nc(Cl)ccc1Cl. The van der Waals surface area contributed by atoms with Crippen molar-refractivity contribution in [3.05, 3.63) is 22.3 Å². The van der Waals surface area contributed by atoms with Crippen LogP contribution in [0.15, 0.2) is 12.1 Å². The number of halogens is 2. The Balaban J connectivity index is 3.17. The van der Waals surface area contributed by atoms with Gasteiger partial charge in [0.1, 0.15) is 0 Å². The zero-order valence-corrected chi connectivity index (χ0v) is 8.37. The molecule has 0 aliphatic heterocycles. The van der Waals surface area contributed by atoms with Gasteiger partial charge in [-0.1, -0.05) is 0 Å². The van der Waals surface area contributed by atoms with Gasteiger partial charge in [-0.2, -0.15) is 0 Å². The van der Waals surface area contributed by atoms with E-state index in [9.17, 15) is 0 Å². The van der Waals surface area contributed by atoms with Crippen molar-refractivity contribution in [3.8, 4) is 0 Å². The number of nitrogens with zero attached hydrogens (tertiary/aromatic N) is 1. The first kappa shape index (κ1) is 7.83. The quantitative estimate of drug-likeness (QED) is 0.420. The van der Waals surface area contributed by atoms with Crippen LogP contribution in [0, 0.1) is 0 Å². The predicted molar refractivity (Wildman–Crippen MR) is 39.6 cm³/mol. The minimum absolute atomic E-state index is 0.518. The van der Waals surface area contributed by atoms with Crippen molar-refractivity contribution in [2.24, 2.45) is 0 Å². The van der Waals surface area contributed by atoms with Crippen molar-refractivity contribution in [1.29, 1.82) is 0 Å². The molecule has 0 fully saturated rings. The third-order valence-corrected chi connectivity index (χ3v) is 2.68. The number of rotatable bonds is 0. The van der Waals surface area contributed by atoms with E-state index in [1.54, 1.807) is 12.1 Å². The van der Waals surface area contributed by atoms with Gasteiger partial charge in [0.05, 0.1) is 0 Å². The maximum atomic E-state index is 5.69. The maximum absolute atomic E-state index is 5.69. The normalized spacial score (nSPS) is 9.78. The molecule has 0 aliphatic carbocycles. The Morgan fingerprint density at radius 2 is 2.00 bits per heavy atom. The van der Waals surface area contributed by atoms with Crippen molar-refractivity contribution in [2.45, 2.75) is 0 Å². The molecule has 0 radical (unpaired) electrons. The zero-order chi connectivity index (χ0) is 6.85. The van der Waals surface area contributed by atoms with Crippen molar-refractivity contribution in [2.75, 3.05) is 0 Å². The monoisotopic (exact) mass is 169 g/mol. The summed E-state index contributed by atoms with van der Waals surface area (Å²) in [6, 6.07) is 3.45. The van der Waals surface area contributed by atoms with Crippen LogP contribution in [0.3, 0.4) is 0 Å². The molecule has 0 N–H and O–H groups in total. The number of aromatic nitrogens is 1. The van der Waals surface area contributed by atoms with E-state index in [2.05, 4.69) is 4.98 Å². The minimum atomic E-state index is 0.518. The molecule has 0 amide bonds. The summed E-state index contributed by atoms with van der Waals surface area (Å²) in [5.74, 6) is 0. The van der Waals surface area contributed by atoms with Crippen molar-refractivity contribution in [1.82, 2.24) is 4.98 Å². The van der Waals surface area contributed by atoms with Crippen LogP contribution in [0.1, 0.15) is 0 Å². The van der Waals surface area contributed by atoms with Gasteiger partial charge in [-0.3, -0.25) is 0 Å². The van der Waals surface area contributed by atoms with E-state index in [0.29, 0.717) is 10.2 Å². The second-order valence-electron chi connectivity index (χ2n) is 1.70. The molecule has 0 aromatic carbocycles. The summed E-state index contributed by atoms with van der Waals surface area (Å²) in [6.45, 7) is 0. The summed E-state index contributed by atoms with van der Waals surface area (Å²) in [4.78, 5) is 3.97. The second kappa shape index (κ2) is 3.22. The van der Waals surface area contributed by atoms with Crippen LogP contribution in [0.5, 0.6) is 0 Å². The second-order valence-corrected chi connectivity index (χ2v) is 3.44. The van der Waals surface area contributed by atoms with Crippen LogP contribution in [-0.4, -0.2) is 32.9 Å². The molecular weight excluding hydrogens is 168 g/mol. The van der Waals surface area contributed by atoms with Crippen LogP contribution in [0.2, 0.25) is 10.2 Å². The van der Waals surface area contributed by atoms with Gasteiger partial charge in [-0.25, -0.2) is 0 Å². The van der Waals surface area contributed by atoms with E-state index in [-0.39, 0.29) is 0 Å². The summed E-state index contributed by atoms with van der Waals surface area (Å²) in [5.41, 5.74) is 0. The summed E-state index contributed by atoms with van der Waals surface area (Å²) in [6.07, 6.45) is 0. The molecular formula is C5H2Cl2NNa. The molecule has 9 heavy (non-hydrogen) atoms. The fraction of sp³-hybridized carbons (Fsp3) is 0. The number of hydrogen-bond donors (Lipinski definition) is 0. The van der Waals surface area contributed by atoms with Crippen LogP contribution in [0.4, 0.5) is 0 Å². The van der Waals surface area contributed by atoms with Gasteiger partial charge in [0.15, 0.2) is 0 Å². The molecule has 1 nitrogen and oxygen atoms in total. The summed E-state index contributed by atoms with van der Waals surface area (Å²) in [5, 5.41) is 1.23. The molecule has 0 atom stereocenters. The molecule has 0 saturated heterocycles. The van der Waals surface area contributed by atoms with Crippen LogP contribution < -0.4 is 2.94 Å². The average molecular weight is 170 g/mol. The standard InChI is InChI=1S/C5H2Cl2N.Na/c6-4-1-2-5(7)8-3-4;/h1-2H;. The molecule has 0 unspecified atom stereocenters. The van der Waals surface area contributed by atoms with Gasteiger partial charge in [0, 0.05) is 0 Å². The Labute approximate surface area is 80.8 Å². The van der Waals surface area contributed by atoms with Gasteiger partial charge in [-0.15, -0.1) is 0 Å². The first-order chi connectivity index (χ1) is 4.20. The third kappa shape index (κ3) is 2.10. The molecule has 1 heterocycles. The van der Waals surface area contributed by atoms with Crippen LogP contribution >= 0.6 is 23.2 Å². The van der Waals surface area contributed by atoms with E-state index in [0.717, 1.165) is 30.9 Å². The van der Waals surface area contributed by atoms with Crippen molar-refractivity contribution in [3.63, 3.8) is 0 Å². The Morgan fingerprint density at radius 3 is 2.44 bits per heavy atom. The van der Waals surface area contributed by atoms with Gasteiger partial charge in [0.2, 0.25) is 0 Å². The van der Waals surface area contributed by atoms with E-state index >= 15 is 0 Å². The molecule has 1 aromatic rings. The Bertz CT molecular complexity index is 226.